The molecule has 5 nitrogen and oxygen atoms in total. The average Bonchev–Trinajstić information content (AvgIpc) is 3.14. The Bertz CT molecular complexity index is 1140. The van der Waals surface area contributed by atoms with Crippen molar-refractivity contribution in [2.75, 3.05) is 31.1 Å². The van der Waals surface area contributed by atoms with E-state index in [-0.39, 0.29) is 11.6 Å². The van der Waals surface area contributed by atoms with Gasteiger partial charge in [-0.3, -0.25) is 14.3 Å². The lowest BCUT2D eigenvalue weighted by Gasteiger charge is -2.36. The fraction of sp³-hybridized carbons (Fsp3) is 0.520. The molecule has 1 aliphatic carbocycles. The molecule has 0 radical (unpaired) electrons. The summed E-state index contributed by atoms with van der Waals surface area (Å²) in [5.74, 6) is 0.862. The summed E-state index contributed by atoms with van der Waals surface area (Å²) in [6.45, 7) is 11.1. The van der Waals surface area contributed by atoms with E-state index in [9.17, 15) is 4.79 Å². The highest BCUT2D eigenvalue weighted by atomic mass is 32.1. The molecule has 0 N–H and O–H groups in total. The van der Waals surface area contributed by atoms with Gasteiger partial charge in [-0.25, -0.2) is 4.98 Å². The maximum Gasteiger partial charge on any atom is 0.264 e. The summed E-state index contributed by atoms with van der Waals surface area (Å²) in [5.41, 5.74) is 4.11. The molecule has 0 spiro atoms. The van der Waals surface area contributed by atoms with Gasteiger partial charge in [0.1, 0.15) is 4.83 Å². The van der Waals surface area contributed by atoms with E-state index in [0.29, 0.717) is 0 Å². The number of aryl methyl sites for hydroxylation is 3. The van der Waals surface area contributed by atoms with Crippen LogP contribution in [0.1, 0.15) is 54.3 Å². The van der Waals surface area contributed by atoms with Gasteiger partial charge in [0.15, 0.2) is 0 Å². The van der Waals surface area contributed by atoms with Crippen molar-refractivity contribution in [2.45, 2.75) is 59.0 Å². The van der Waals surface area contributed by atoms with Gasteiger partial charge in [0.05, 0.1) is 5.39 Å². The Kier molecular flexibility index (Phi) is 5.61. The lowest BCUT2D eigenvalue weighted by Crippen LogP contribution is -2.48. The van der Waals surface area contributed by atoms with Crippen molar-refractivity contribution in [1.29, 1.82) is 0 Å². The van der Waals surface area contributed by atoms with Crippen LogP contribution in [0.3, 0.4) is 0 Å². The number of benzene rings is 1. The molecule has 0 bridgehead atoms. The summed E-state index contributed by atoms with van der Waals surface area (Å²) in [7, 11) is 0. The minimum Gasteiger partial charge on any atom is -0.340 e. The Balaban J connectivity index is 1.41. The molecule has 3 aromatic rings. The van der Waals surface area contributed by atoms with Gasteiger partial charge < -0.3 is 4.90 Å². The third-order valence-corrected chi connectivity index (χ3v) is 7.89. The van der Waals surface area contributed by atoms with Crippen molar-refractivity contribution in [3.8, 4) is 0 Å². The fourth-order valence-electron chi connectivity index (χ4n) is 4.95. The van der Waals surface area contributed by atoms with Crippen molar-refractivity contribution in [3.05, 3.63) is 56.2 Å². The standard InChI is InChI=1S/C25H32N4OS/c1-17(2)29-24(30)22-20-6-4-5-7-21(20)31-23(22)26-25(29)28-14-12-27(13-15-28)16-19-10-8-18(3)9-11-19/h8-11,17H,4-7,12-16H2,1-3H3. The summed E-state index contributed by atoms with van der Waals surface area (Å²) < 4.78 is 1.94. The van der Waals surface area contributed by atoms with Gasteiger partial charge in [-0.05, 0) is 57.6 Å². The van der Waals surface area contributed by atoms with Crippen LogP contribution in [0.2, 0.25) is 0 Å². The summed E-state index contributed by atoms with van der Waals surface area (Å²) >= 11 is 1.75. The third kappa shape index (κ3) is 3.92. The molecule has 1 aromatic carbocycles. The third-order valence-electron chi connectivity index (χ3n) is 6.70. The summed E-state index contributed by atoms with van der Waals surface area (Å²) in [5, 5.41) is 0.898. The molecule has 3 heterocycles. The van der Waals surface area contributed by atoms with Crippen molar-refractivity contribution in [2.24, 2.45) is 0 Å². The van der Waals surface area contributed by atoms with E-state index in [4.69, 9.17) is 4.98 Å². The second-order valence-corrected chi connectivity index (χ2v) is 10.4. The molecule has 1 saturated heterocycles. The van der Waals surface area contributed by atoms with Crippen molar-refractivity contribution in [3.63, 3.8) is 0 Å². The molecule has 1 fully saturated rings. The maximum atomic E-state index is 13.6. The van der Waals surface area contributed by atoms with Gasteiger partial charge in [-0.15, -0.1) is 11.3 Å². The highest BCUT2D eigenvalue weighted by Gasteiger charge is 2.27. The number of thiophene rings is 1. The molecule has 164 valence electrons. The number of anilines is 1. The number of rotatable bonds is 4. The molecule has 5 rings (SSSR count). The van der Waals surface area contributed by atoms with Gasteiger partial charge in [0.2, 0.25) is 5.95 Å². The molecule has 6 heteroatoms. The van der Waals surface area contributed by atoms with Crippen LogP contribution in [-0.4, -0.2) is 40.6 Å². The molecule has 0 unspecified atom stereocenters. The first kappa shape index (κ1) is 20.7. The van der Waals surface area contributed by atoms with E-state index in [1.54, 1.807) is 11.3 Å². The van der Waals surface area contributed by atoms with Crippen LogP contribution in [0, 0.1) is 6.92 Å². The number of piperazine rings is 1. The average molecular weight is 437 g/mol. The second-order valence-electron chi connectivity index (χ2n) is 9.32. The minimum absolute atomic E-state index is 0.101. The largest absolute Gasteiger partial charge is 0.340 e. The number of fused-ring (bicyclic) bond motifs is 3. The molecule has 2 aliphatic rings. The molecular weight excluding hydrogens is 404 g/mol. The molecule has 0 atom stereocenters. The Morgan fingerprint density at radius 1 is 1.03 bits per heavy atom. The van der Waals surface area contributed by atoms with E-state index in [2.05, 4.69) is 54.8 Å². The van der Waals surface area contributed by atoms with Gasteiger partial charge in [-0.2, -0.15) is 0 Å². The fourth-order valence-corrected chi connectivity index (χ4v) is 6.20. The van der Waals surface area contributed by atoms with Crippen molar-refractivity contribution >= 4 is 27.5 Å². The normalized spacial score (nSPS) is 17.5. The van der Waals surface area contributed by atoms with Crippen LogP contribution < -0.4 is 10.5 Å². The second kappa shape index (κ2) is 8.40. The molecule has 1 aliphatic heterocycles. The lowest BCUT2D eigenvalue weighted by molar-refractivity contribution is 0.247. The van der Waals surface area contributed by atoms with E-state index in [1.165, 1.54) is 34.4 Å². The highest BCUT2D eigenvalue weighted by molar-refractivity contribution is 7.18. The van der Waals surface area contributed by atoms with E-state index in [0.717, 1.165) is 61.7 Å². The lowest BCUT2D eigenvalue weighted by atomic mass is 9.97. The number of hydrogen-bond donors (Lipinski definition) is 0. The SMILES string of the molecule is Cc1ccc(CN2CCN(c3nc4sc5c(c4c(=O)n3C(C)C)CCCC5)CC2)cc1. The zero-order valence-electron chi connectivity index (χ0n) is 18.9. The maximum absolute atomic E-state index is 13.6. The van der Waals surface area contributed by atoms with Crippen LogP contribution >= 0.6 is 11.3 Å². The summed E-state index contributed by atoms with van der Waals surface area (Å²) in [6, 6.07) is 8.93. The highest BCUT2D eigenvalue weighted by Crippen LogP contribution is 2.35. The predicted molar refractivity (Wildman–Crippen MR) is 130 cm³/mol. The number of hydrogen-bond acceptors (Lipinski definition) is 5. The Morgan fingerprint density at radius 2 is 1.74 bits per heavy atom. The first-order chi connectivity index (χ1) is 15.0. The zero-order chi connectivity index (χ0) is 21.5. The Morgan fingerprint density at radius 3 is 2.45 bits per heavy atom. The van der Waals surface area contributed by atoms with Gasteiger partial charge in [-0.1, -0.05) is 29.8 Å². The van der Waals surface area contributed by atoms with Crippen molar-refractivity contribution in [1.82, 2.24) is 14.5 Å². The predicted octanol–water partition coefficient (Wildman–Crippen LogP) is 4.55. The van der Waals surface area contributed by atoms with Crippen LogP contribution in [0.25, 0.3) is 10.2 Å². The molecule has 2 aromatic heterocycles. The van der Waals surface area contributed by atoms with E-state index in [1.807, 2.05) is 4.57 Å². The molecule has 31 heavy (non-hydrogen) atoms. The van der Waals surface area contributed by atoms with Gasteiger partial charge >= 0.3 is 0 Å². The molecular formula is C25H32N4OS. The molecule has 0 amide bonds. The number of aromatic nitrogens is 2. The first-order valence-electron chi connectivity index (χ1n) is 11.6. The van der Waals surface area contributed by atoms with E-state index < -0.39 is 0 Å². The Labute approximate surface area is 188 Å². The van der Waals surface area contributed by atoms with Crippen LogP contribution in [0.15, 0.2) is 29.1 Å². The van der Waals surface area contributed by atoms with Crippen LogP contribution in [0.4, 0.5) is 5.95 Å². The van der Waals surface area contributed by atoms with Gasteiger partial charge in [0, 0.05) is 43.6 Å². The smallest absolute Gasteiger partial charge is 0.264 e. The molecule has 0 saturated carbocycles. The quantitative estimate of drug-likeness (QED) is 0.602. The minimum atomic E-state index is 0.101. The van der Waals surface area contributed by atoms with Crippen molar-refractivity contribution < 1.29 is 0 Å². The van der Waals surface area contributed by atoms with Crippen LogP contribution in [0.5, 0.6) is 0 Å². The topological polar surface area (TPSA) is 41.4 Å². The van der Waals surface area contributed by atoms with Gasteiger partial charge in [0.25, 0.3) is 5.56 Å². The summed E-state index contributed by atoms with van der Waals surface area (Å²) in [6.07, 6.45) is 4.55. The van der Waals surface area contributed by atoms with Crippen LogP contribution in [-0.2, 0) is 19.4 Å². The van der Waals surface area contributed by atoms with E-state index >= 15 is 0 Å². The Hall–Kier alpha value is -2.18. The first-order valence-corrected chi connectivity index (χ1v) is 12.4. The zero-order valence-corrected chi connectivity index (χ0v) is 19.7. The monoisotopic (exact) mass is 436 g/mol. The summed E-state index contributed by atoms with van der Waals surface area (Å²) in [4.78, 5) is 25.9. The number of nitrogens with zero attached hydrogens (tertiary/aromatic N) is 4.